The normalized spacial score (nSPS) is 31.6. The summed E-state index contributed by atoms with van der Waals surface area (Å²) in [7, 11) is 0. The third-order valence-corrected chi connectivity index (χ3v) is 2.26. The van der Waals surface area contributed by atoms with E-state index >= 15 is 0 Å². The zero-order chi connectivity index (χ0) is 8.27. The third-order valence-electron chi connectivity index (χ3n) is 2.26. The average molecular weight is 158 g/mol. The molecule has 2 atom stereocenters. The van der Waals surface area contributed by atoms with E-state index in [0.717, 1.165) is 25.9 Å². The maximum absolute atomic E-state index is 9.42. The highest BCUT2D eigenvalue weighted by molar-refractivity contribution is 4.76. The van der Waals surface area contributed by atoms with Gasteiger partial charge in [-0.05, 0) is 26.7 Å². The molecular formula is C9H18O2. The molecule has 0 aliphatic heterocycles. The lowest BCUT2D eigenvalue weighted by Crippen LogP contribution is -2.20. The van der Waals surface area contributed by atoms with Crippen LogP contribution in [-0.2, 0) is 4.74 Å². The van der Waals surface area contributed by atoms with Crippen LogP contribution in [0.15, 0.2) is 0 Å². The first-order valence-electron chi connectivity index (χ1n) is 4.50. The van der Waals surface area contributed by atoms with Crippen molar-refractivity contribution in [2.45, 2.75) is 45.3 Å². The zero-order valence-electron chi connectivity index (χ0n) is 7.42. The summed E-state index contributed by atoms with van der Waals surface area (Å²) in [5.74, 6) is 0.400. The van der Waals surface area contributed by atoms with Crippen LogP contribution in [0.2, 0.25) is 0 Å². The highest BCUT2D eigenvalue weighted by atomic mass is 16.5. The van der Waals surface area contributed by atoms with Crippen molar-refractivity contribution in [1.82, 2.24) is 0 Å². The summed E-state index contributed by atoms with van der Waals surface area (Å²) in [5.41, 5.74) is 0. The molecule has 0 saturated heterocycles. The second kappa shape index (κ2) is 4.07. The van der Waals surface area contributed by atoms with E-state index in [1.807, 2.05) is 13.8 Å². The van der Waals surface area contributed by atoms with Gasteiger partial charge >= 0.3 is 0 Å². The Morgan fingerprint density at radius 2 is 2.18 bits per heavy atom. The molecule has 0 radical (unpaired) electrons. The molecule has 0 aromatic carbocycles. The lowest BCUT2D eigenvalue weighted by molar-refractivity contribution is 0.0150. The summed E-state index contributed by atoms with van der Waals surface area (Å²) >= 11 is 0. The number of hydrogen-bond acceptors (Lipinski definition) is 2. The van der Waals surface area contributed by atoms with Crippen LogP contribution >= 0.6 is 0 Å². The van der Waals surface area contributed by atoms with Crippen molar-refractivity contribution < 1.29 is 9.84 Å². The van der Waals surface area contributed by atoms with E-state index in [2.05, 4.69) is 0 Å². The van der Waals surface area contributed by atoms with E-state index in [1.54, 1.807) is 0 Å². The Balaban J connectivity index is 2.15. The topological polar surface area (TPSA) is 29.5 Å². The van der Waals surface area contributed by atoms with Gasteiger partial charge in [-0.25, -0.2) is 0 Å². The lowest BCUT2D eigenvalue weighted by Gasteiger charge is -2.16. The van der Waals surface area contributed by atoms with Gasteiger partial charge in [0.25, 0.3) is 0 Å². The van der Waals surface area contributed by atoms with Gasteiger partial charge in [-0.1, -0.05) is 6.42 Å². The van der Waals surface area contributed by atoms with Crippen molar-refractivity contribution in [1.29, 1.82) is 0 Å². The molecule has 1 saturated carbocycles. The molecule has 0 spiro atoms. The number of aliphatic hydroxyl groups excluding tert-OH is 1. The molecule has 1 aliphatic carbocycles. The van der Waals surface area contributed by atoms with E-state index in [-0.39, 0.29) is 6.10 Å². The molecule has 0 aromatic heterocycles. The number of hydrogen-bond donors (Lipinski definition) is 1. The van der Waals surface area contributed by atoms with Crippen LogP contribution in [0.4, 0.5) is 0 Å². The van der Waals surface area contributed by atoms with E-state index in [4.69, 9.17) is 4.74 Å². The van der Waals surface area contributed by atoms with E-state index in [0.29, 0.717) is 12.0 Å². The molecule has 1 aliphatic rings. The highest BCUT2D eigenvalue weighted by Crippen LogP contribution is 2.25. The van der Waals surface area contributed by atoms with Gasteiger partial charge in [0, 0.05) is 5.92 Å². The molecular weight excluding hydrogens is 140 g/mol. The molecule has 1 fully saturated rings. The molecule has 1 N–H and O–H groups in total. The predicted octanol–water partition coefficient (Wildman–Crippen LogP) is 1.57. The van der Waals surface area contributed by atoms with Crippen LogP contribution in [0, 0.1) is 5.92 Å². The SMILES string of the molecule is CC(C)OCC1CCCC1O. The Morgan fingerprint density at radius 1 is 1.45 bits per heavy atom. The van der Waals surface area contributed by atoms with Gasteiger partial charge in [-0.2, -0.15) is 0 Å². The minimum Gasteiger partial charge on any atom is -0.393 e. The Kier molecular flexibility index (Phi) is 3.34. The Morgan fingerprint density at radius 3 is 2.64 bits per heavy atom. The average Bonchev–Trinajstić information content (AvgIpc) is 2.31. The molecule has 1 rings (SSSR count). The molecule has 0 aromatic rings. The van der Waals surface area contributed by atoms with Crippen LogP contribution in [0.25, 0.3) is 0 Å². The Labute approximate surface area is 68.6 Å². The maximum Gasteiger partial charge on any atom is 0.0590 e. The summed E-state index contributed by atoms with van der Waals surface area (Å²) in [6, 6.07) is 0. The zero-order valence-corrected chi connectivity index (χ0v) is 7.42. The molecule has 2 unspecified atom stereocenters. The number of ether oxygens (including phenoxy) is 1. The Bertz CT molecular complexity index is 112. The summed E-state index contributed by atoms with van der Waals surface area (Å²) in [4.78, 5) is 0. The fourth-order valence-electron chi connectivity index (χ4n) is 1.53. The second-order valence-corrected chi connectivity index (χ2v) is 3.64. The van der Waals surface area contributed by atoms with Crippen molar-refractivity contribution in [2.24, 2.45) is 5.92 Å². The molecule has 0 amide bonds. The van der Waals surface area contributed by atoms with E-state index in [9.17, 15) is 5.11 Å². The van der Waals surface area contributed by atoms with Crippen molar-refractivity contribution in [3.05, 3.63) is 0 Å². The maximum atomic E-state index is 9.42. The van der Waals surface area contributed by atoms with Crippen LogP contribution in [0.5, 0.6) is 0 Å². The minimum atomic E-state index is -0.103. The molecule has 0 bridgehead atoms. The summed E-state index contributed by atoms with van der Waals surface area (Å²) in [6.07, 6.45) is 3.45. The van der Waals surface area contributed by atoms with E-state index < -0.39 is 0 Å². The summed E-state index contributed by atoms with van der Waals surface area (Å²) in [6.45, 7) is 4.79. The summed E-state index contributed by atoms with van der Waals surface area (Å²) in [5, 5.41) is 9.42. The molecule has 11 heavy (non-hydrogen) atoms. The minimum absolute atomic E-state index is 0.103. The van der Waals surface area contributed by atoms with Crippen LogP contribution in [0.1, 0.15) is 33.1 Å². The third kappa shape index (κ3) is 2.80. The van der Waals surface area contributed by atoms with Gasteiger partial charge < -0.3 is 9.84 Å². The fraction of sp³-hybridized carbons (Fsp3) is 1.00. The smallest absolute Gasteiger partial charge is 0.0590 e. The quantitative estimate of drug-likeness (QED) is 0.675. The standard InChI is InChI=1S/C9H18O2/c1-7(2)11-6-8-4-3-5-9(8)10/h7-10H,3-6H2,1-2H3. The largest absolute Gasteiger partial charge is 0.393 e. The number of aliphatic hydroxyl groups is 1. The second-order valence-electron chi connectivity index (χ2n) is 3.64. The molecule has 0 heterocycles. The highest BCUT2D eigenvalue weighted by Gasteiger charge is 2.25. The van der Waals surface area contributed by atoms with Gasteiger partial charge in [0.1, 0.15) is 0 Å². The van der Waals surface area contributed by atoms with E-state index in [1.165, 1.54) is 0 Å². The van der Waals surface area contributed by atoms with Gasteiger partial charge in [0.15, 0.2) is 0 Å². The Hall–Kier alpha value is -0.0800. The number of rotatable bonds is 3. The first-order valence-corrected chi connectivity index (χ1v) is 4.50. The van der Waals surface area contributed by atoms with Crippen LogP contribution in [-0.4, -0.2) is 23.9 Å². The lowest BCUT2D eigenvalue weighted by atomic mass is 10.1. The van der Waals surface area contributed by atoms with Crippen LogP contribution in [0.3, 0.4) is 0 Å². The van der Waals surface area contributed by atoms with Gasteiger partial charge in [0.05, 0.1) is 18.8 Å². The van der Waals surface area contributed by atoms with Crippen molar-refractivity contribution in [3.8, 4) is 0 Å². The van der Waals surface area contributed by atoms with Gasteiger partial charge in [-0.3, -0.25) is 0 Å². The fourth-order valence-corrected chi connectivity index (χ4v) is 1.53. The summed E-state index contributed by atoms with van der Waals surface area (Å²) < 4.78 is 5.44. The van der Waals surface area contributed by atoms with Crippen molar-refractivity contribution in [2.75, 3.05) is 6.61 Å². The predicted molar refractivity (Wildman–Crippen MR) is 44.4 cm³/mol. The van der Waals surface area contributed by atoms with Crippen molar-refractivity contribution >= 4 is 0 Å². The molecule has 2 heteroatoms. The van der Waals surface area contributed by atoms with Gasteiger partial charge in [0.2, 0.25) is 0 Å². The van der Waals surface area contributed by atoms with Crippen LogP contribution < -0.4 is 0 Å². The molecule has 66 valence electrons. The monoisotopic (exact) mass is 158 g/mol. The molecule has 2 nitrogen and oxygen atoms in total. The van der Waals surface area contributed by atoms with Gasteiger partial charge in [-0.15, -0.1) is 0 Å². The van der Waals surface area contributed by atoms with Crippen molar-refractivity contribution in [3.63, 3.8) is 0 Å². The first-order chi connectivity index (χ1) is 5.20. The first kappa shape index (κ1) is 9.01.